The van der Waals surface area contributed by atoms with E-state index >= 15 is 0 Å². The molecule has 0 fully saturated rings. The predicted molar refractivity (Wildman–Crippen MR) is 123 cm³/mol. The average molecular weight is 525 g/mol. The lowest BCUT2D eigenvalue weighted by Crippen LogP contribution is -2.21. The van der Waals surface area contributed by atoms with E-state index in [1.807, 2.05) is 48.5 Å². The highest BCUT2D eigenvalue weighted by atomic mass is 79.9. The summed E-state index contributed by atoms with van der Waals surface area (Å²) in [5.74, 6) is 0.0518. The standard InChI is InChI=1S/C23H15Br2N3O2/c24-15-3-1-13(2-4-15)22-18-9-14(12-28-17-7-5-16(25)6-8-17)20(29)10-21(18)30-23(27)19(22)11-26/h1-10,12,22,29H,27H2/t22-/m0/s1. The summed E-state index contributed by atoms with van der Waals surface area (Å²) in [6.45, 7) is 0. The number of nitrogens with zero attached hydrogens (tertiary/aromatic N) is 2. The Morgan fingerprint density at radius 3 is 2.30 bits per heavy atom. The zero-order valence-electron chi connectivity index (χ0n) is 15.5. The van der Waals surface area contributed by atoms with Gasteiger partial charge in [0, 0.05) is 32.4 Å². The fourth-order valence-corrected chi connectivity index (χ4v) is 3.81. The van der Waals surface area contributed by atoms with E-state index in [1.54, 1.807) is 12.3 Å². The van der Waals surface area contributed by atoms with Gasteiger partial charge in [0.15, 0.2) is 0 Å². The number of fused-ring (bicyclic) bond motifs is 1. The van der Waals surface area contributed by atoms with E-state index < -0.39 is 5.92 Å². The molecule has 0 unspecified atom stereocenters. The summed E-state index contributed by atoms with van der Waals surface area (Å²) in [6, 6.07) is 20.6. The number of phenolic OH excluding ortho intramolecular Hbond substituents is 1. The molecule has 0 saturated heterocycles. The minimum Gasteiger partial charge on any atom is -0.507 e. The first-order chi connectivity index (χ1) is 14.5. The third-order valence-corrected chi connectivity index (χ3v) is 5.80. The summed E-state index contributed by atoms with van der Waals surface area (Å²) >= 11 is 6.83. The number of rotatable bonds is 3. The maximum atomic E-state index is 10.5. The van der Waals surface area contributed by atoms with Crippen molar-refractivity contribution in [1.29, 1.82) is 5.26 Å². The molecule has 3 N–H and O–H groups in total. The highest BCUT2D eigenvalue weighted by molar-refractivity contribution is 9.10. The van der Waals surface area contributed by atoms with Crippen LogP contribution in [0.25, 0.3) is 0 Å². The number of aromatic hydroxyl groups is 1. The van der Waals surface area contributed by atoms with Crippen LogP contribution in [0.2, 0.25) is 0 Å². The number of nitrogens with two attached hydrogens (primary N) is 1. The average Bonchev–Trinajstić information content (AvgIpc) is 2.73. The van der Waals surface area contributed by atoms with Crippen molar-refractivity contribution < 1.29 is 9.84 Å². The van der Waals surface area contributed by atoms with Crippen LogP contribution in [-0.2, 0) is 0 Å². The van der Waals surface area contributed by atoms with E-state index in [-0.39, 0.29) is 11.6 Å². The van der Waals surface area contributed by atoms with Crippen molar-refractivity contribution >= 4 is 43.8 Å². The van der Waals surface area contributed by atoms with Crippen molar-refractivity contribution in [3.63, 3.8) is 0 Å². The van der Waals surface area contributed by atoms with Crippen molar-refractivity contribution in [2.24, 2.45) is 10.7 Å². The topological polar surface area (TPSA) is 91.6 Å². The monoisotopic (exact) mass is 523 g/mol. The Bertz CT molecular complexity index is 1210. The highest BCUT2D eigenvalue weighted by Crippen LogP contribution is 2.44. The van der Waals surface area contributed by atoms with E-state index in [4.69, 9.17) is 10.5 Å². The molecule has 3 aromatic carbocycles. The van der Waals surface area contributed by atoms with Gasteiger partial charge in [0.05, 0.1) is 11.6 Å². The first kappa shape index (κ1) is 20.2. The molecule has 1 aliphatic rings. The molecule has 0 amide bonds. The van der Waals surface area contributed by atoms with E-state index in [9.17, 15) is 10.4 Å². The van der Waals surface area contributed by atoms with Crippen molar-refractivity contribution in [2.45, 2.75) is 5.92 Å². The Morgan fingerprint density at radius 2 is 1.67 bits per heavy atom. The molecule has 3 aromatic rings. The number of hydrogen-bond donors (Lipinski definition) is 2. The quantitative estimate of drug-likeness (QED) is 0.418. The smallest absolute Gasteiger partial charge is 0.205 e. The number of nitriles is 1. The first-order valence-corrected chi connectivity index (χ1v) is 10.5. The summed E-state index contributed by atoms with van der Waals surface area (Å²) in [4.78, 5) is 4.44. The molecular weight excluding hydrogens is 510 g/mol. The Balaban J connectivity index is 1.81. The van der Waals surface area contributed by atoms with Gasteiger partial charge in [-0.2, -0.15) is 5.26 Å². The molecule has 0 saturated carbocycles. The van der Waals surface area contributed by atoms with Gasteiger partial charge in [-0.15, -0.1) is 0 Å². The molecule has 1 aliphatic heterocycles. The number of halogens is 2. The zero-order valence-corrected chi connectivity index (χ0v) is 18.7. The van der Waals surface area contributed by atoms with Crippen LogP contribution in [0.15, 0.2) is 86.1 Å². The molecule has 5 nitrogen and oxygen atoms in total. The molecule has 7 heteroatoms. The number of hydrogen-bond acceptors (Lipinski definition) is 5. The lowest BCUT2D eigenvalue weighted by atomic mass is 9.83. The normalized spacial score (nSPS) is 15.6. The number of phenols is 1. The zero-order chi connectivity index (χ0) is 21.3. The molecule has 0 bridgehead atoms. The molecular formula is C23H15Br2N3O2. The van der Waals surface area contributed by atoms with Crippen LogP contribution in [0.1, 0.15) is 22.6 Å². The fourth-order valence-electron chi connectivity index (χ4n) is 3.28. The Hall–Kier alpha value is -3.08. The van der Waals surface area contributed by atoms with Gasteiger partial charge in [0.25, 0.3) is 0 Å². The van der Waals surface area contributed by atoms with Crippen molar-refractivity contribution in [1.82, 2.24) is 0 Å². The fraction of sp³-hybridized carbons (Fsp3) is 0.0435. The van der Waals surface area contributed by atoms with Crippen LogP contribution >= 0.6 is 31.9 Å². The van der Waals surface area contributed by atoms with Gasteiger partial charge in [-0.1, -0.05) is 44.0 Å². The number of allylic oxidation sites excluding steroid dienone is 1. The predicted octanol–water partition coefficient (Wildman–Crippen LogP) is 5.89. The number of aliphatic imine (C=N–C) groups is 1. The largest absolute Gasteiger partial charge is 0.507 e. The van der Waals surface area contributed by atoms with E-state index in [1.165, 1.54) is 6.07 Å². The van der Waals surface area contributed by atoms with E-state index in [2.05, 4.69) is 42.9 Å². The van der Waals surface area contributed by atoms with Crippen molar-refractivity contribution in [3.05, 3.63) is 97.8 Å². The van der Waals surface area contributed by atoms with Crippen molar-refractivity contribution in [3.8, 4) is 17.6 Å². The Kier molecular flexibility index (Phi) is 5.62. The summed E-state index contributed by atoms with van der Waals surface area (Å²) in [5.41, 5.74) is 9.22. The molecule has 148 valence electrons. The Morgan fingerprint density at radius 1 is 1.03 bits per heavy atom. The molecule has 4 rings (SSSR count). The second-order valence-electron chi connectivity index (χ2n) is 6.66. The molecule has 0 aromatic heterocycles. The van der Waals surface area contributed by atoms with Crippen LogP contribution in [0, 0.1) is 11.3 Å². The summed E-state index contributed by atoms with van der Waals surface area (Å²) in [7, 11) is 0. The molecule has 0 spiro atoms. The molecule has 30 heavy (non-hydrogen) atoms. The van der Waals surface area contributed by atoms with Gasteiger partial charge in [-0.3, -0.25) is 4.99 Å². The SMILES string of the molecule is N#CC1=C(N)Oc2cc(O)c(C=Nc3ccc(Br)cc3)cc2[C@@H]1c1ccc(Br)cc1. The van der Waals surface area contributed by atoms with Crippen LogP contribution < -0.4 is 10.5 Å². The number of ether oxygens (including phenoxy) is 1. The van der Waals surface area contributed by atoms with Gasteiger partial charge in [-0.25, -0.2) is 0 Å². The van der Waals surface area contributed by atoms with Gasteiger partial charge >= 0.3 is 0 Å². The maximum Gasteiger partial charge on any atom is 0.205 e. The van der Waals surface area contributed by atoms with E-state index in [0.29, 0.717) is 16.9 Å². The van der Waals surface area contributed by atoms with Gasteiger partial charge in [0.2, 0.25) is 5.88 Å². The third-order valence-electron chi connectivity index (χ3n) is 4.75. The summed E-state index contributed by atoms with van der Waals surface area (Å²) in [6.07, 6.45) is 1.59. The molecule has 0 radical (unpaired) electrons. The Labute approximate surface area is 190 Å². The van der Waals surface area contributed by atoms with Crippen LogP contribution in [0.5, 0.6) is 11.5 Å². The van der Waals surface area contributed by atoms with Crippen LogP contribution in [0.3, 0.4) is 0 Å². The van der Waals surface area contributed by atoms with Gasteiger partial charge in [-0.05, 0) is 48.0 Å². The highest BCUT2D eigenvalue weighted by Gasteiger charge is 2.31. The second-order valence-corrected chi connectivity index (χ2v) is 8.49. The minimum absolute atomic E-state index is 0.0115. The molecule has 0 aliphatic carbocycles. The minimum atomic E-state index is -0.410. The molecule has 1 atom stereocenters. The maximum absolute atomic E-state index is 10.5. The second kappa shape index (κ2) is 8.34. The first-order valence-electron chi connectivity index (χ1n) is 8.96. The lowest BCUT2D eigenvalue weighted by Gasteiger charge is -2.27. The third kappa shape index (κ3) is 3.97. The lowest BCUT2D eigenvalue weighted by molar-refractivity contribution is 0.388. The van der Waals surface area contributed by atoms with Gasteiger partial charge < -0.3 is 15.6 Å². The van der Waals surface area contributed by atoms with Crippen LogP contribution in [0.4, 0.5) is 5.69 Å². The summed E-state index contributed by atoms with van der Waals surface area (Å²) in [5, 5.41) is 20.2. The molecule has 1 heterocycles. The van der Waals surface area contributed by atoms with Gasteiger partial charge in [0.1, 0.15) is 23.1 Å². The number of benzene rings is 3. The van der Waals surface area contributed by atoms with Crippen molar-refractivity contribution in [2.75, 3.05) is 0 Å². The summed E-state index contributed by atoms with van der Waals surface area (Å²) < 4.78 is 7.53. The van der Waals surface area contributed by atoms with Crippen LogP contribution in [-0.4, -0.2) is 11.3 Å². The van der Waals surface area contributed by atoms with E-state index in [0.717, 1.165) is 25.8 Å².